The summed E-state index contributed by atoms with van der Waals surface area (Å²) >= 11 is 0. The van der Waals surface area contributed by atoms with Crippen LogP contribution in [0.2, 0.25) is 0 Å². The Morgan fingerprint density at radius 3 is 2.40 bits per heavy atom. The maximum atomic E-state index is 14.1. The summed E-state index contributed by atoms with van der Waals surface area (Å²) in [5, 5.41) is 20.8. The molecule has 1 N–H and O–H groups in total. The van der Waals surface area contributed by atoms with Crippen LogP contribution in [-0.4, -0.2) is 28.2 Å². The summed E-state index contributed by atoms with van der Waals surface area (Å²) in [4.78, 5) is 12.0. The molecule has 2 unspecified atom stereocenters. The number of rotatable bonds is 2. The Morgan fingerprint density at radius 1 is 1.25 bits per heavy atom. The standard InChI is InChI=1S/C13H14F2N2O3/c14-10-3-4-11(17(19)20)13(12(10)15)16-7-1-2-8(16)6-9(18)5-7/h3-4,7-9,18H,1-2,5-6H2. The molecule has 1 aromatic rings. The molecule has 2 saturated heterocycles. The van der Waals surface area contributed by atoms with Gasteiger partial charge in [-0.3, -0.25) is 10.1 Å². The first-order chi connectivity index (χ1) is 9.49. The fourth-order valence-electron chi connectivity index (χ4n) is 3.44. The van der Waals surface area contributed by atoms with Gasteiger partial charge in [-0.25, -0.2) is 8.78 Å². The van der Waals surface area contributed by atoms with Gasteiger partial charge in [0.05, 0.1) is 11.0 Å². The highest BCUT2D eigenvalue weighted by atomic mass is 19.2. The average Bonchev–Trinajstić information content (AvgIpc) is 2.64. The molecule has 1 aromatic carbocycles. The van der Waals surface area contributed by atoms with Gasteiger partial charge in [-0.05, 0) is 31.7 Å². The lowest BCUT2D eigenvalue weighted by atomic mass is 9.98. The Labute approximate surface area is 114 Å². The van der Waals surface area contributed by atoms with Gasteiger partial charge in [0.25, 0.3) is 5.69 Å². The highest BCUT2D eigenvalue weighted by Crippen LogP contribution is 2.44. The van der Waals surface area contributed by atoms with E-state index in [0.717, 1.165) is 25.0 Å². The first-order valence-corrected chi connectivity index (χ1v) is 6.58. The Bertz CT molecular complexity index is 553. The van der Waals surface area contributed by atoms with Gasteiger partial charge >= 0.3 is 0 Å². The zero-order valence-electron chi connectivity index (χ0n) is 10.6. The van der Waals surface area contributed by atoms with Gasteiger partial charge in [0.1, 0.15) is 0 Å². The number of piperidine rings is 1. The third-order valence-corrected chi connectivity index (χ3v) is 4.21. The Kier molecular flexibility index (Phi) is 3.08. The minimum atomic E-state index is -1.17. The molecule has 2 fully saturated rings. The van der Waals surface area contributed by atoms with Crippen LogP contribution in [0.3, 0.4) is 0 Å². The molecule has 0 saturated carbocycles. The van der Waals surface area contributed by atoms with Crippen molar-refractivity contribution in [2.45, 2.75) is 43.9 Å². The number of nitrogens with zero attached hydrogens (tertiary/aromatic N) is 2. The van der Waals surface area contributed by atoms with E-state index in [-0.39, 0.29) is 17.8 Å². The van der Waals surface area contributed by atoms with E-state index in [9.17, 15) is 24.0 Å². The second-order valence-electron chi connectivity index (χ2n) is 5.40. The van der Waals surface area contributed by atoms with Crippen molar-refractivity contribution in [3.05, 3.63) is 33.9 Å². The molecule has 0 amide bonds. The van der Waals surface area contributed by atoms with Gasteiger partial charge < -0.3 is 10.0 Å². The van der Waals surface area contributed by atoms with Gasteiger partial charge in [0, 0.05) is 18.2 Å². The fraction of sp³-hybridized carbons (Fsp3) is 0.538. The van der Waals surface area contributed by atoms with E-state index in [1.165, 1.54) is 0 Å². The summed E-state index contributed by atoms with van der Waals surface area (Å²) in [6.45, 7) is 0. The van der Waals surface area contributed by atoms with Crippen LogP contribution in [-0.2, 0) is 0 Å². The molecule has 108 valence electrons. The number of aliphatic hydroxyl groups excluding tert-OH is 1. The third kappa shape index (κ3) is 1.93. The Morgan fingerprint density at radius 2 is 1.85 bits per heavy atom. The van der Waals surface area contributed by atoms with Crippen LogP contribution in [0.4, 0.5) is 20.2 Å². The van der Waals surface area contributed by atoms with E-state index in [2.05, 4.69) is 0 Å². The number of anilines is 1. The van der Waals surface area contributed by atoms with Crippen LogP contribution in [0.15, 0.2) is 12.1 Å². The van der Waals surface area contributed by atoms with E-state index in [1.54, 1.807) is 4.90 Å². The molecule has 2 atom stereocenters. The molecule has 2 bridgehead atoms. The van der Waals surface area contributed by atoms with Crippen LogP contribution in [0.25, 0.3) is 0 Å². The number of fused-ring (bicyclic) bond motifs is 2. The molecule has 0 aromatic heterocycles. The zero-order chi connectivity index (χ0) is 14.4. The van der Waals surface area contributed by atoms with Crippen molar-refractivity contribution >= 4 is 11.4 Å². The molecule has 5 nitrogen and oxygen atoms in total. The Hall–Kier alpha value is -1.76. The van der Waals surface area contributed by atoms with Crippen molar-refractivity contribution in [3.63, 3.8) is 0 Å². The number of hydrogen-bond acceptors (Lipinski definition) is 4. The zero-order valence-corrected chi connectivity index (χ0v) is 10.6. The van der Waals surface area contributed by atoms with Crippen molar-refractivity contribution in [3.8, 4) is 0 Å². The minimum absolute atomic E-state index is 0.168. The highest BCUT2D eigenvalue weighted by Gasteiger charge is 2.44. The second-order valence-corrected chi connectivity index (χ2v) is 5.40. The van der Waals surface area contributed by atoms with Crippen LogP contribution in [0, 0.1) is 21.7 Å². The quantitative estimate of drug-likeness (QED) is 0.668. The number of nitro benzene ring substituents is 1. The van der Waals surface area contributed by atoms with Gasteiger partial charge in [-0.1, -0.05) is 0 Å². The molecule has 20 heavy (non-hydrogen) atoms. The van der Waals surface area contributed by atoms with Crippen molar-refractivity contribution < 1.29 is 18.8 Å². The van der Waals surface area contributed by atoms with Crippen LogP contribution in [0.1, 0.15) is 25.7 Å². The summed E-state index contributed by atoms with van der Waals surface area (Å²) in [5.41, 5.74) is -0.688. The van der Waals surface area contributed by atoms with E-state index < -0.39 is 28.3 Å². The van der Waals surface area contributed by atoms with Gasteiger partial charge in [-0.2, -0.15) is 0 Å². The van der Waals surface area contributed by atoms with Gasteiger partial charge in [0.2, 0.25) is 0 Å². The van der Waals surface area contributed by atoms with Crippen LogP contribution in [0.5, 0.6) is 0 Å². The predicted octanol–water partition coefficient (Wildman–Crippen LogP) is 2.37. The fourth-order valence-corrected chi connectivity index (χ4v) is 3.44. The van der Waals surface area contributed by atoms with Crippen molar-refractivity contribution in [2.75, 3.05) is 4.90 Å². The number of benzene rings is 1. The highest BCUT2D eigenvalue weighted by molar-refractivity contribution is 5.66. The van der Waals surface area contributed by atoms with Gasteiger partial charge in [-0.15, -0.1) is 0 Å². The van der Waals surface area contributed by atoms with Crippen LogP contribution >= 0.6 is 0 Å². The largest absolute Gasteiger partial charge is 0.393 e. The Balaban J connectivity index is 2.10. The molecule has 3 rings (SSSR count). The lowest BCUT2D eigenvalue weighted by molar-refractivity contribution is -0.384. The molecule has 0 aliphatic carbocycles. The summed E-state index contributed by atoms with van der Waals surface area (Å²) in [5.74, 6) is -2.26. The van der Waals surface area contributed by atoms with E-state index >= 15 is 0 Å². The lowest BCUT2D eigenvalue weighted by Gasteiger charge is -2.38. The molecule has 7 heteroatoms. The van der Waals surface area contributed by atoms with E-state index in [1.807, 2.05) is 0 Å². The molecule has 0 spiro atoms. The molecule has 2 heterocycles. The molecule has 2 aliphatic heterocycles. The van der Waals surface area contributed by atoms with Crippen molar-refractivity contribution in [1.82, 2.24) is 0 Å². The van der Waals surface area contributed by atoms with Crippen LogP contribution < -0.4 is 4.90 Å². The molecule has 0 radical (unpaired) electrons. The topological polar surface area (TPSA) is 66.6 Å². The maximum absolute atomic E-state index is 14.1. The average molecular weight is 284 g/mol. The summed E-state index contributed by atoms with van der Waals surface area (Å²) in [7, 11) is 0. The SMILES string of the molecule is O=[N+]([O-])c1ccc(F)c(F)c1N1C2CCC1CC(O)C2. The maximum Gasteiger partial charge on any atom is 0.295 e. The number of nitro groups is 1. The summed E-state index contributed by atoms with van der Waals surface area (Å²) < 4.78 is 27.6. The minimum Gasteiger partial charge on any atom is -0.393 e. The third-order valence-electron chi connectivity index (χ3n) is 4.21. The normalized spacial score (nSPS) is 28.8. The first-order valence-electron chi connectivity index (χ1n) is 6.58. The summed E-state index contributed by atoms with van der Waals surface area (Å²) in [6.07, 6.45) is 1.86. The number of halogens is 2. The number of hydrogen-bond donors (Lipinski definition) is 1. The molecule has 2 aliphatic rings. The van der Waals surface area contributed by atoms with Gasteiger partial charge in [0.15, 0.2) is 17.3 Å². The molecular weight excluding hydrogens is 270 g/mol. The predicted molar refractivity (Wildman–Crippen MR) is 67.5 cm³/mol. The monoisotopic (exact) mass is 284 g/mol. The van der Waals surface area contributed by atoms with Crippen molar-refractivity contribution in [1.29, 1.82) is 0 Å². The first kappa shape index (κ1) is 13.2. The number of aliphatic hydroxyl groups is 1. The lowest BCUT2D eigenvalue weighted by Crippen LogP contribution is -2.45. The summed E-state index contributed by atoms with van der Waals surface area (Å²) in [6, 6.07) is 1.44. The second kappa shape index (κ2) is 4.66. The molecular formula is C13H14F2N2O3. The van der Waals surface area contributed by atoms with E-state index in [4.69, 9.17) is 0 Å². The van der Waals surface area contributed by atoms with E-state index in [0.29, 0.717) is 12.8 Å². The van der Waals surface area contributed by atoms with Crippen molar-refractivity contribution in [2.24, 2.45) is 0 Å². The smallest absolute Gasteiger partial charge is 0.295 e.